The van der Waals surface area contributed by atoms with Crippen LogP contribution in [0.4, 0.5) is 0 Å². The van der Waals surface area contributed by atoms with E-state index in [0.29, 0.717) is 19.5 Å². The topological polar surface area (TPSA) is 79.5 Å². The summed E-state index contributed by atoms with van der Waals surface area (Å²) in [6, 6.07) is 5.84. The van der Waals surface area contributed by atoms with Gasteiger partial charge in [0.25, 0.3) is 0 Å². The van der Waals surface area contributed by atoms with Crippen molar-refractivity contribution in [1.29, 1.82) is 0 Å². The van der Waals surface area contributed by atoms with Gasteiger partial charge in [-0.2, -0.15) is 0 Å². The Morgan fingerprint density at radius 3 is 2.94 bits per heavy atom. The van der Waals surface area contributed by atoms with Crippen molar-refractivity contribution in [3.8, 4) is 0 Å². The smallest absolute Gasteiger partial charge is 0.325 e. The molecule has 1 aromatic rings. The van der Waals surface area contributed by atoms with Gasteiger partial charge in [-0.15, -0.1) is 0 Å². The number of rotatable bonds is 3. The molecule has 1 aromatic heterocycles. The number of hydrogen-bond donors (Lipinski definition) is 2. The van der Waals surface area contributed by atoms with Crippen LogP contribution in [0.2, 0.25) is 0 Å². The third kappa shape index (κ3) is 2.30. The van der Waals surface area contributed by atoms with Crippen molar-refractivity contribution in [2.45, 2.75) is 24.9 Å². The summed E-state index contributed by atoms with van der Waals surface area (Å²) in [6.45, 7) is 3.09. The van der Waals surface area contributed by atoms with Crippen molar-refractivity contribution in [3.63, 3.8) is 0 Å². The third-order valence-electron chi connectivity index (χ3n) is 3.42. The average Bonchev–Trinajstić information content (AvgIpc) is 2.74. The molecule has 0 radical (unpaired) electrons. The number of likely N-dealkylation sites (tertiary alicyclic amines) is 1. The molecule has 0 bridgehead atoms. The number of carboxylic acid groups (broad SMARTS) is 1. The maximum atomic E-state index is 11.1. The molecule has 3 N–H and O–H groups in total. The Kier molecular flexibility index (Phi) is 3.13. The molecular weight excluding hydrogens is 218 g/mol. The maximum absolute atomic E-state index is 11.1. The molecule has 1 fully saturated rings. The molecule has 0 aromatic carbocycles. The zero-order valence-corrected chi connectivity index (χ0v) is 9.84. The molecule has 92 valence electrons. The highest BCUT2D eigenvalue weighted by atomic mass is 16.4. The lowest BCUT2D eigenvalue weighted by molar-refractivity contribution is -0.142. The van der Waals surface area contributed by atoms with Crippen molar-refractivity contribution in [2.24, 2.45) is 5.73 Å². The number of hydrogen-bond acceptors (Lipinski definition) is 4. The zero-order valence-electron chi connectivity index (χ0n) is 9.84. The summed E-state index contributed by atoms with van der Waals surface area (Å²) in [5.74, 6) is -0.923. The molecule has 1 aliphatic rings. The fraction of sp³-hybridized carbons (Fsp3) is 0.500. The van der Waals surface area contributed by atoms with Crippen molar-refractivity contribution < 1.29 is 9.90 Å². The Bertz CT molecular complexity index is 409. The number of aliphatic carboxylic acids is 1. The number of nitrogens with zero attached hydrogens (tertiary/aromatic N) is 2. The van der Waals surface area contributed by atoms with Gasteiger partial charge in [0.05, 0.1) is 5.69 Å². The van der Waals surface area contributed by atoms with Crippen LogP contribution >= 0.6 is 0 Å². The van der Waals surface area contributed by atoms with E-state index in [1.54, 1.807) is 6.20 Å². The van der Waals surface area contributed by atoms with Crippen LogP contribution in [0.25, 0.3) is 0 Å². The summed E-state index contributed by atoms with van der Waals surface area (Å²) in [5, 5.41) is 9.08. The van der Waals surface area contributed by atoms with Crippen molar-refractivity contribution in [3.05, 3.63) is 30.1 Å². The van der Waals surface area contributed by atoms with Gasteiger partial charge in [-0.25, -0.2) is 0 Å². The Labute approximate surface area is 100 Å². The number of carboxylic acids is 1. The number of aromatic nitrogens is 1. The Morgan fingerprint density at radius 1 is 1.65 bits per heavy atom. The summed E-state index contributed by atoms with van der Waals surface area (Å²) in [4.78, 5) is 17.4. The van der Waals surface area contributed by atoms with E-state index in [9.17, 15) is 4.79 Å². The van der Waals surface area contributed by atoms with E-state index in [2.05, 4.69) is 9.88 Å². The summed E-state index contributed by atoms with van der Waals surface area (Å²) in [7, 11) is 0. The molecule has 1 saturated heterocycles. The van der Waals surface area contributed by atoms with Crippen molar-refractivity contribution in [2.75, 3.05) is 13.1 Å². The number of nitrogens with two attached hydrogens (primary N) is 1. The van der Waals surface area contributed by atoms with Gasteiger partial charge in [-0.05, 0) is 25.5 Å². The van der Waals surface area contributed by atoms with Crippen LogP contribution in [0.1, 0.15) is 25.1 Å². The Hall–Kier alpha value is -1.46. The SMILES string of the molecule is CC(c1ccccn1)N1CCC(N)(C(=O)O)C1. The van der Waals surface area contributed by atoms with E-state index < -0.39 is 11.5 Å². The van der Waals surface area contributed by atoms with Crippen LogP contribution in [0.3, 0.4) is 0 Å². The number of pyridine rings is 1. The molecular formula is C12H17N3O2. The van der Waals surface area contributed by atoms with Gasteiger partial charge in [0.1, 0.15) is 5.54 Å². The number of carbonyl (C=O) groups is 1. The lowest BCUT2D eigenvalue weighted by Crippen LogP contribution is -2.50. The van der Waals surface area contributed by atoms with Crippen LogP contribution in [0, 0.1) is 0 Å². The molecule has 17 heavy (non-hydrogen) atoms. The van der Waals surface area contributed by atoms with E-state index >= 15 is 0 Å². The summed E-state index contributed by atoms with van der Waals surface area (Å²) in [6.07, 6.45) is 2.23. The first-order valence-corrected chi connectivity index (χ1v) is 5.70. The lowest BCUT2D eigenvalue weighted by atomic mass is 10.0. The van der Waals surface area contributed by atoms with Crippen LogP contribution in [0.15, 0.2) is 24.4 Å². The van der Waals surface area contributed by atoms with Gasteiger partial charge < -0.3 is 10.8 Å². The predicted octanol–water partition coefficient (Wildman–Crippen LogP) is 0.630. The molecule has 0 spiro atoms. The molecule has 1 aliphatic heterocycles. The van der Waals surface area contributed by atoms with E-state index in [-0.39, 0.29) is 6.04 Å². The first kappa shape index (κ1) is 12.0. The normalized spacial score (nSPS) is 26.9. The van der Waals surface area contributed by atoms with Gasteiger partial charge in [0.15, 0.2) is 0 Å². The van der Waals surface area contributed by atoms with Crippen molar-refractivity contribution in [1.82, 2.24) is 9.88 Å². The molecule has 2 heterocycles. The predicted molar refractivity (Wildman–Crippen MR) is 63.4 cm³/mol. The second kappa shape index (κ2) is 4.43. The molecule has 2 atom stereocenters. The lowest BCUT2D eigenvalue weighted by Gasteiger charge is -2.25. The van der Waals surface area contributed by atoms with Gasteiger partial charge >= 0.3 is 5.97 Å². The highest BCUT2D eigenvalue weighted by Gasteiger charge is 2.42. The quantitative estimate of drug-likeness (QED) is 0.803. The van der Waals surface area contributed by atoms with Gasteiger partial charge in [-0.3, -0.25) is 14.7 Å². The monoisotopic (exact) mass is 235 g/mol. The summed E-state index contributed by atoms with van der Waals surface area (Å²) < 4.78 is 0. The molecule has 0 saturated carbocycles. The second-order valence-corrected chi connectivity index (χ2v) is 4.61. The average molecular weight is 235 g/mol. The van der Waals surface area contributed by atoms with Crippen LogP contribution < -0.4 is 5.73 Å². The highest BCUT2D eigenvalue weighted by molar-refractivity contribution is 5.79. The second-order valence-electron chi connectivity index (χ2n) is 4.61. The minimum absolute atomic E-state index is 0.0981. The van der Waals surface area contributed by atoms with Gasteiger partial charge in [0.2, 0.25) is 0 Å². The van der Waals surface area contributed by atoms with E-state index in [4.69, 9.17) is 10.8 Å². The first-order valence-electron chi connectivity index (χ1n) is 5.70. The maximum Gasteiger partial charge on any atom is 0.325 e. The standard InChI is InChI=1S/C12H17N3O2/c1-9(10-4-2-3-6-14-10)15-7-5-12(13,8-15)11(16)17/h2-4,6,9H,5,7-8,13H2,1H3,(H,16,17). The van der Waals surface area contributed by atoms with E-state index in [1.807, 2.05) is 25.1 Å². The van der Waals surface area contributed by atoms with Gasteiger partial charge in [0, 0.05) is 25.3 Å². The fourth-order valence-electron chi connectivity index (χ4n) is 2.18. The third-order valence-corrected chi connectivity index (χ3v) is 3.42. The first-order chi connectivity index (χ1) is 8.03. The van der Waals surface area contributed by atoms with Crippen LogP contribution in [0.5, 0.6) is 0 Å². The van der Waals surface area contributed by atoms with Gasteiger partial charge in [-0.1, -0.05) is 6.07 Å². The zero-order chi connectivity index (χ0) is 12.5. The summed E-state index contributed by atoms with van der Waals surface area (Å²) >= 11 is 0. The largest absolute Gasteiger partial charge is 0.480 e. The van der Waals surface area contributed by atoms with E-state index in [0.717, 1.165) is 5.69 Å². The van der Waals surface area contributed by atoms with Crippen LogP contribution in [-0.2, 0) is 4.79 Å². The molecule has 0 aliphatic carbocycles. The van der Waals surface area contributed by atoms with E-state index in [1.165, 1.54) is 0 Å². The van der Waals surface area contributed by atoms with Crippen LogP contribution in [-0.4, -0.2) is 39.6 Å². The molecule has 2 rings (SSSR count). The highest BCUT2D eigenvalue weighted by Crippen LogP contribution is 2.27. The fourth-order valence-corrected chi connectivity index (χ4v) is 2.18. The van der Waals surface area contributed by atoms with Crippen molar-refractivity contribution >= 4 is 5.97 Å². The molecule has 2 unspecified atom stereocenters. The minimum atomic E-state index is -1.11. The minimum Gasteiger partial charge on any atom is -0.480 e. The Morgan fingerprint density at radius 2 is 2.41 bits per heavy atom. The summed E-state index contributed by atoms with van der Waals surface area (Å²) in [5.41, 5.74) is 5.68. The molecule has 5 heteroatoms. The molecule has 0 amide bonds. The Balaban J connectivity index is 2.09. The molecule has 5 nitrogen and oxygen atoms in total.